The van der Waals surface area contributed by atoms with Crippen molar-refractivity contribution in [3.05, 3.63) is 71.8 Å². The Morgan fingerprint density at radius 2 is 1.13 bits per heavy atom. The third-order valence-corrected chi connectivity index (χ3v) is 5.95. The molecule has 0 saturated carbocycles. The molecule has 0 aromatic heterocycles. The van der Waals surface area contributed by atoms with Gasteiger partial charge in [0.15, 0.2) is 5.11 Å². The number of carbonyl (C=O) groups excluding carboxylic acids is 2. The van der Waals surface area contributed by atoms with Gasteiger partial charge < -0.3 is 0 Å². The average molecular weight is 423 g/mol. The summed E-state index contributed by atoms with van der Waals surface area (Å²) in [6.07, 6.45) is 6.60. The Labute approximate surface area is 184 Å². The Morgan fingerprint density at radius 3 is 1.67 bits per heavy atom. The molecule has 0 radical (unpaired) electrons. The van der Waals surface area contributed by atoms with Crippen molar-refractivity contribution in [1.82, 2.24) is 9.80 Å². The maximum atomic E-state index is 12.6. The number of hydrogen-bond donors (Lipinski definition) is 0. The van der Waals surface area contributed by atoms with Crippen LogP contribution in [0.5, 0.6) is 0 Å². The molecule has 1 saturated heterocycles. The quantitative estimate of drug-likeness (QED) is 0.409. The zero-order valence-electron chi connectivity index (χ0n) is 17.5. The van der Waals surface area contributed by atoms with Gasteiger partial charge in [0, 0.05) is 25.9 Å². The Kier molecular flexibility index (Phi) is 8.57. The van der Waals surface area contributed by atoms with E-state index in [4.69, 9.17) is 12.2 Å². The van der Waals surface area contributed by atoms with Crippen LogP contribution in [0.3, 0.4) is 0 Å². The van der Waals surface area contributed by atoms with Crippen LogP contribution >= 0.6 is 12.2 Å². The number of hydrogen-bond acceptors (Lipinski definition) is 3. The average Bonchev–Trinajstić information content (AvgIpc) is 3.16. The van der Waals surface area contributed by atoms with E-state index >= 15 is 0 Å². The van der Waals surface area contributed by atoms with Gasteiger partial charge in [-0.25, -0.2) is 0 Å². The summed E-state index contributed by atoms with van der Waals surface area (Å²) in [5, 5.41) is 0.383. The third-order valence-electron chi connectivity index (χ3n) is 5.51. The lowest BCUT2D eigenvalue weighted by molar-refractivity contribution is -0.127. The lowest BCUT2D eigenvalue weighted by Crippen LogP contribution is -2.38. The maximum absolute atomic E-state index is 12.6. The minimum atomic E-state index is 0.0223. The molecule has 2 aromatic carbocycles. The highest BCUT2D eigenvalue weighted by Crippen LogP contribution is 2.16. The minimum Gasteiger partial charge on any atom is -0.287 e. The molecule has 0 bridgehead atoms. The molecule has 1 fully saturated rings. The highest BCUT2D eigenvalue weighted by atomic mass is 32.1. The molecule has 2 amide bonds. The van der Waals surface area contributed by atoms with Gasteiger partial charge in [-0.3, -0.25) is 19.4 Å². The van der Waals surface area contributed by atoms with Gasteiger partial charge >= 0.3 is 0 Å². The first-order valence-electron chi connectivity index (χ1n) is 10.9. The topological polar surface area (TPSA) is 40.6 Å². The maximum Gasteiger partial charge on any atom is 0.228 e. The fourth-order valence-corrected chi connectivity index (χ4v) is 4.17. The summed E-state index contributed by atoms with van der Waals surface area (Å²) in [6.45, 7) is 1.04. The molecule has 158 valence electrons. The fraction of sp³-hybridized carbons (Fsp3) is 0.400. The monoisotopic (exact) mass is 422 g/mol. The summed E-state index contributed by atoms with van der Waals surface area (Å²) in [7, 11) is 0. The highest BCUT2D eigenvalue weighted by molar-refractivity contribution is 7.80. The first kappa shape index (κ1) is 22.2. The molecule has 1 heterocycles. The van der Waals surface area contributed by atoms with Crippen LogP contribution in [0, 0.1) is 0 Å². The van der Waals surface area contributed by atoms with E-state index < -0.39 is 0 Å². The summed E-state index contributed by atoms with van der Waals surface area (Å²) in [4.78, 5) is 28.3. The first-order valence-corrected chi connectivity index (χ1v) is 11.3. The summed E-state index contributed by atoms with van der Waals surface area (Å²) < 4.78 is 0. The van der Waals surface area contributed by atoms with Crippen LogP contribution in [0.4, 0.5) is 0 Å². The van der Waals surface area contributed by atoms with Crippen LogP contribution < -0.4 is 0 Å². The van der Waals surface area contributed by atoms with Crippen molar-refractivity contribution in [2.45, 2.75) is 51.4 Å². The predicted octanol–water partition coefficient (Wildman–Crippen LogP) is 4.77. The van der Waals surface area contributed by atoms with E-state index in [1.165, 1.54) is 11.1 Å². The number of unbranched alkanes of at least 4 members (excludes halogenated alkanes) is 2. The Morgan fingerprint density at radius 1 is 0.667 bits per heavy atom. The van der Waals surface area contributed by atoms with Crippen LogP contribution in [0.25, 0.3) is 0 Å². The zero-order chi connectivity index (χ0) is 21.2. The minimum absolute atomic E-state index is 0.0223. The molecule has 5 heteroatoms. The largest absolute Gasteiger partial charge is 0.287 e. The van der Waals surface area contributed by atoms with Crippen LogP contribution in [-0.4, -0.2) is 39.8 Å². The van der Waals surface area contributed by atoms with Crippen molar-refractivity contribution in [1.29, 1.82) is 0 Å². The highest BCUT2D eigenvalue weighted by Gasteiger charge is 2.32. The third kappa shape index (κ3) is 6.49. The second-order valence-electron chi connectivity index (χ2n) is 7.76. The Balaban J connectivity index is 1.34. The van der Waals surface area contributed by atoms with Crippen LogP contribution in [0.1, 0.15) is 49.7 Å². The molecule has 4 nitrogen and oxygen atoms in total. The van der Waals surface area contributed by atoms with E-state index in [1.807, 2.05) is 24.3 Å². The molecular weight excluding hydrogens is 392 g/mol. The van der Waals surface area contributed by atoms with E-state index in [1.54, 1.807) is 9.80 Å². The SMILES string of the molecule is O=C(CCCCCc1ccccc1)N1CCN(C(=O)CCCc2ccccc2)C1=S. The number of thiocarbonyl (C=S) groups is 1. The number of nitrogens with zero attached hydrogens (tertiary/aromatic N) is 2. The van der Waals surface area contributed by atoms with Gasteiger partial charge in [-0.2, -0.15) is 0 Å². The van der Waals surface area contributed by atoms with Gasteiger partial charge in [0.1, 0.15) is 0 Å². The van der Waals surface area contributed by atoms with Crippen molar-refractivity contribution < 1.29 is 9.59 Å². The van der Waals surface area contributed by atoms with Gasteiger partial charge in [0.2, 0.25) is 11.8 Å². The predicted molar refractivity (Wildman–Crippen MR) is 124 cm³/mol. The van der Waals surface area contributed by atoms with E-state index in [0.29, 0.717) is 31.0 Å². The van der Waals surface area contributed by atoms with Crippen LogP contribution in [-0.2, 0) is 22.4 Å². The lowest BCUT2D eigenvalue weighted by atomic mass is 10.1. The summed E-state index contributed by atoms with van der Waals surface area (Å²) in [5.74, 6) is 0.0633. The lowest BCUT2D eigenvalue weighted by Gasteiger charge is -2.19. The summed E-state index contributed by atoms with van der Waals surface area (Å²) in [6, 6.07) is 20.6. The van der Waals surface area contributed by atoms with Crippen molar-refractivity contribution in [3.63, 3.8) is 0 Å². The normalized spacial score (nSPS) is 13.7. The fourth-order valence-electron chi connectivity index (χ4n) is 3.78. The van der Waals surface area contributed by atoms with Gasteiger partial charge in [-0.05, 0) is 55.4 Å². The molecular formula is C25H30N2O2S. The number of carbonyl (C=O) groups is 2. The molecule has 0 spiro atoms. The molecule has 3 rings (SSSR count). The van der Waals surface area contributed by atoms with Gasteiger partial charge in [-0.15, -0.1) is 0 Å². The zero-order valence-corrected chi connectivity index (χ0v) is 18.3. The molecule has 0 N–H and O–H groups in total. The Hall–Kier alpha value is -2.53. The van der Waals surface area contributed by atoms with Gasteiger partial charge in [0.05, 0.1) is 0 Å². The van der Waals surface area contributed by atoms with E-state index in [2.05, 4.69) is 36.4 Å². The second-order valence-corrected chi connectivity index (χ2v) is 8.12. The van der Waals surface area contributed by atoms with E-state index in [0.717, 1.165) is 38.5 Å². The standard InChI is InChI=1S/C25H30N2O2S/c28-23(17-9-3-8-13-21-11-4-1-5-12-21)26-19-20-27(25(26)30)24(29)18-10-16-22-14-6-2-7-15-22/h1-2,4-7,11-12,14-15H,3,8-10,13,16-20H2. The summed E-state index contributed by atoms with van der Waals surface area (Å²) in [5.41, 5.74) is 2.57. The molecule has 0 aliphatic carbocycles. The molecule has 0 unspecified atom stereocenters. The molecule has 2 aromatic rings. The first-order chi connectivity index (χ1) is 14.6. The summed E-state index contributed by atoms with van der Waals surface area (Å²) >= 11 is 5.43. The van der Waals surface area contributed by atoms with Crippen LogP contribution in [0.15, 0.2) is 60.7 Å². The number of benzene rings is 2. The number of rotatable bonds is 10. The van der Waals surface area contributed by atoms with E-state index in [-0.39, 0.29) is 11.8 Å². The molecule has 1 aliphatic rings. The molecule has 30 heavy (non-hydrogen) atoms. The van der Waals surface area contributed by atoms with Crippen molar-refractivity contribution >= 4 is 29.1 Å². The Bertz CT molecular complexity index is 839. The number of aryl methyl sites for hydroxylation is 2. The van der Waals surface area contributed by atoms with Crippen molar-refractivity contribution in [2.24, 2.45) is 0 Å². The van der Waals surface area contributed by atoms with Crippen molar-refractivity contribution in [2.75, 3.05) is 13.1 Å². The smallest absolute Gasteiger partial charge is 0.228 e. The number of amides is 2. The second kappa shape index (κ2) is 11.6. The molecule has 0 atom stereocenters. The van der Waals surface area contributed by atoms with E-state index in [9.17, 15) is 9.59 Å². The van der Waals surface area contributed by atoms with Gasteiger partial charge in [0.25, 0.3) is 0 Å². The van der Waals surface area contributed by atoms with Gasteiger partial charge in [-0.1, -0.05) is 67.1 Å². The van der Waals surface area contributed by atoms with Crippen molar-refractivity contribution in [3.8, 4) is 0 Å². The molecule has 1 aliphatic heterocycles. The van der Waals surface area contributed by atoms with Crippen LogP contribution in [0.2, 0.25) is 0 Å².